The molecule has 2 N–H and O–H groups in total. The van der Waals surface area contributed by atoms with Crippen molar-refractivity contribution < 1.29 is 24.2 Å². The number of carbonyl (C=O) groups excluding carboxylic acids is 1. The second-order valence-corrected chi connectivity index (χ2v) is 7.46. The zero-order chi connectivity index (χ0) is 15.5. The number of hydrogen-bond acceptors (Lipinski definition) is 3. The molecule has 1 saturated heterocycles. The van der Waals surface area contributed by atoms with Crippen LogP contribution >= 0.6 is 7.37 Å². The van der Waals surface area contributed by atoms with Gasteiger partial charge < -0.3 is 14.9 Å². The molecule has 1 aliphatic heterocycles. The first kappa shape index (κ1) is 20.0. The molecule has 0 bridgehead atoms. The van der Waals surface area contributed by atoms with Gasteiger partial charge in [-0.15, -0.1) is 0 Å². The molecular weight excluding hydrogens is 332 g/mol. The number of carbonyl (C=O) groups is 2. The molecule has 1 heterocycles. The predicted molar refractivity (Wildman–Crippen MR) is 84.9 cm³/mol. The molecule has 1 aromatic carbocycles. The molecule has 1 unspecified atom stereocenters. The van der Waals surface area contributed by atoms with Crippen LogP contribution < -0.4 is 5.30 Å². The minimum atomic E-state index is -3.58. The SMILES string of the molecule is O=C(O)[C@@H]1CCCN1C(=O)CCP(=O)(O)c1ccccc1.[KH]. The third-order valence-electron chi connectivity index (χ3n) is 3.65. The molecule has 1 aromatic rings. The maximum atomic E-state index is 12.2. The van der Waals surface area contributed by atoms with E-state index in [1.165, 1.54) is 4.90 Å². The number of nitrogens with zero attached hydrogens (tertiary/aromatic N) is 1. The Labute approximate surface area is 171 Å². The van der Waals surface area contributed by atoms with Crippen molar-refractivity contribution in [2.45, 2.75) is 25.3 Å². The van der Waals surface area contributed by atoms with Crippen LogP contribution in [0.5, 0.6) is 0 Å². The predicted octanol–water partition coefficient (Wildman–Crippen LogP) is 0.399. The van der Waals surface area contributed by atoms with E-state index in [2.05, 4.69) is 0 Å². The normalized spacial score (nSPS) is 20.0. The van der Waals surface area contributed by atoms with E-state index >= 15 is 0 Å². The number of benzene rings is 1. The van der Waals surface area contributed by atoms with Crippen LogP contribution in [0.2, 0.25) is 0 Å². The second-order valence-electron chi connectivity index (χ2n) is 5.09. The molecule has 1 aliphatic rings. The number of carboxylic acid groups (broad SMARTS) is 1. The van der Waals surface area contributed by atoms with Crippen LogP contribution in [0.15, 0.2) is 30.3 Å². The molecule has 2 rings (SSSR count). The number of amides is 1. The molecule has 1 fully saturated rings. The molecule has 0 spiro atoms. The summed E-state index contributed by atoms with van der Waals surface area (Å²) < 4.78 is 12.2. The Morgan fingerprint density at radius 1 is 1.27 bits per heavy atom. The van der Waals surface area contributed by atoms with Gasteiger partial charge in [0.2, 0.25) is 13.3 Å². The van der Waals surface area contributed by atoms with Gasteiger partial charge in [-0.25, -0.2) is 4.79 Å². The first-order valence-corrected chi connectivity index (χ1v) is 8.66. The van der Waals surface area contributed by atoms with Crippen LogP contribution in [0.1, 0.15) is 19.3 Å². The van der Waals surface area contributed by atoms with E-state index in [1.807, 2.05) is 0 Å². The van der Waals surface area contributed by atoms with Crippen LogP contribution in [-0.2, 0) is 14.2 Å². The number of aliphatic carboxylic acids is 1. The van der Waals surface area contributed by atoms with Crippen LogP contribution in [0, 0.1) is 0 Å². The molecule has 1 amide bonds. The molecule has 0 radical (unpaired) electrons. The molecule has 22 heavy (non-hydrogen) atoms. The summed E-state index contributed by atoms with van der Waals surface area (Å²) in [7, 11) is -3.58. The summed E-state index contributed by atoms with van der Waals surface area (Å²) in [5.41, 5.74) is 0. The summed E-state index contributed by atoms with van der Waals surface area (Å²) in [6, 6.07) is 7.40. The Bertz CT molecular complexity index is 580. The summed E-state index contributed by atoms with van der Waals surface area (Å²) >= 11 is 0. The molecule has 0 aliphatic carbocycles. The summed E-state index contributed by atoms with van der Waals surface area (Å²) in [5.74, 6) is -1.39. The van der Waals surface area contributed by atoms with Crippen LogP contribution in [0.25, 0.3) is 0 Å². The number of rotatable bonds is 5. The van der Waals surface area contributed by atoms with Crippen molar-refractivity contribution in [3.8, 4) is 0 Å². The fourth-order valence-corrected chi connectivity index (χ4v) is 3.89. The Kier molecular flexibility index (Phi) is 7.95. The van der Waals surface area contributed by atoms with E-state index in [-0.39, 0.29) is 69.9 Å². The van der Waals surface area contributed by atoms with Gasteiger partial charge in [-0.1, -0.05) is 18.2 Å². The van der Waals surface area contributed by atoms with E-state index in [0.29, 0.717) is 24.7 Å². The topological polar surface area (TPSA) is 94.9 Å². The standard InChI is InChI=1S/C14H18NO5P.K.H/c16-13(15-9-4-7-12(15)14(17)18)8-10-21(19,20)11-5-2-1-3-6-11;;/h1-3,5-6,12H,4,7-10H2,(H,17,18)(H,19,20);;/t12-;;/m0../s1. The van der Waals surface area contributed by atoms with E-state index in [4.69, 9.17) is 5.11 Å². The summed E-state index contributed by atoms with van der Waals surface area (Å²) in [5, 5.41) is 9.35. The average Bonchev–Trinajstić information content (AvgIpc) is 2.95. The zero-order valence-corrected chi connectivity index (χ0v) is 12.4. The van der Waals surface area contributed by atoms with E-state index < -0.39 is 19.4 Å². The monoisotopic (exact) mass is 351 g/mol. The number of likely N-dealkylation sites (tertiary alicyclic amines) is 1. The summed E-state index contributed by atoms with van der Waals surface area (Å²) in [4.78, 5) is 34.4. The van der Waals surface area contributed by atoms with Gasteiger partial charge in [-0.2, -0.15) is 0 Å². The summed E-state index contributed by atoms with van der Waals surface area (Å²) in [6.45, 7) is 0.400. The first-order valence-electron chi connectivity index (χ1n) is 6.81. The van der Waals surface area contributed by atoms with Gasteiger partial charge >= 0.3 is 57.4 Å². The maximum absolute atomic E-state index is 12.2. The second kappa shape index (κ2) is 8.73. The third-order valence-corrected chi connectivity index (χ3v) is 5.58. The fourth-order valence-electron chi connectivity index (χ4n) is 2.50. The average molecular weight is 351 g/mol. The van der Waals surface area contributed by atoms with Gasteiger partial charge in [0.15, 0.2) is 0 Å². The fraction of sp³-hybridized carbons (Fsp3) is 0.429. The number of hydrogen-bond donors (Lipinski definition) is 2. The van der Waals surface area contributed by atoms with E-state index in [0.717, 1.165) is 0 Å². The van der Waals surface area contributed by atoms with Crippen molar-refractivity contribution in [3.05, 3.63) is 30.3 Å². The molecule has 116 valence electrons. The van der Waals surface area contributed by atoms with Crippen molar-refractivity contribution in [2.75, 3.05) is 12.7 Å². The van der Waals surface area contributed by atoms with Gasteiger partial charge in [0.25, 0.3) is 0 Å². The zero-order valence-electron chi connectivity index (χ0n) is 11.5. The van der Waals surface area contributed by atoms with Gasteiger partial charge in [-0.3, -0.25) is 9.36 Å². The van der Waals surface area contributed by atoms with E-state index in [1.54, 1.807) is 30.3 Å². The van der Waals surface area contributed by atoms with Crippen molar-refractivity contribution in [1.82, 2.24) is 4.90 Å². The van der Waals surface area contributed by atoms with Crippen LogP contribution in [0.3, 0.4) is 0 Å². The van der Waals surface area contributed by atoms with Gasteiger partial charge in [-0.05, 0) is 25.0 Å². The van der Waals surface area contributed by atoms with Gasteiger partial charge in [0.05, 0.1) is 0 Å². The quantitative estimate of drug-likeness (QED) is 0.591. The number of carboxylic acids is 1. The Morgan fingerprint density at radius 3 is 2.50 bits per heavy atom. The molecular formula is C14H19KNO5P. The molecule has 0 saturated carbocycles. The third kappa shape index (κ3) is 4.99. The van der Waals surface area contributed by atoms with Crippen LogP contribution in [0.4, 0.5) is 0 Å². The van der Waals surface area contributed by atoms with Crippen molar-refractivity contribution in [1.29, 1.82) is 0 Å². The first-order chi connectivity index (χ1) is 9.92. The molecule has 0 aromatic heterocycles. The van der Waals surface area contributed by atoms with Crippen LogP contribution in [-0.4, -0.2) is 96.9 Å². The van der Waals surface area contributed by atoms with Crippen molar-refractivity contribution in [2.24, 2.45) is 0 Å². The van der Waals surface area contributed by atoms with Crippen molar-refractivity contribution >= 4 is 75.9 Å². The van der Waals surface area contributed by atoms with Gasteiger partial charge in [0, 0.05) is 24.4 Å². The summed E-state index contributed by atoms with van der Waals surface area (Å²) in [6.07, 6.45) is 0.805. The molecule has 6 nitrogen and oxygen atoms in total. The van der Waals surface area contributed by atoms with Crippen molar-refractivity contribution in [3.63, 3.8) is 0 Å². The van der Waals surface area contributed by atoms with Gasteiger partial charge in [0.1, 0.15) is 6.04 Å². The Morgan fingerprint density at radius 2 is 1.91 bits per heavy atom. The molecule has 2 atom stereocenters. The van der Waals surface area contributed by atoms with E-state index in [9.17, 15) is 19.0 Å². The minimum absolute atomic E-state index is 0. The Hall–Kier alpha value is -0.0136. The molecule has 8 heteroatoms. The Balaban J connectivity index is 0.00000242.